The van der Waals surface area contributed by atoms with E-state index in [1.54, 1.807) is 0 Å². The first-order chi connectivity index (χ1) is 6.84. The molecular weight excluding hydrogens is 176 g/mol. The average Bonchev–Trinajstić information content (AvgIpc) is 2.91. The molecule has 14 heavy (non-hydrogen) atoms. The van der Waals surface area contributed by atoms with E-state index in [1.807, 2.05) is 0 Å². The van der Waals surface area contributed by atoms with E-state index in [0.717, 1.165) is 32.1 Å². The molecule has 2 saturated heterocycles. The fraction of sp³-hybridized carbons (Fsp3) is 0.909. The standard InChI is InChI=1S/C11H18N2O/c14-11-10-4-9(10)7-13(11)6-8-2-1-3-12-5-8/h8-10,12H,1-7H2. The van der Waals surface area contributed by atoms with Gasteiger partial charge in [0.25, 0.3) is 0 Å². The molecule has 2 heterocycles. The number of fused-ring (bicyclic) bond motifs is 1. The third-order valence-corrected chi connectivity index (χ3v) is 3.88. The molecule has 0 radical (unpaired) electrons. The van der Waals surface area contributed by atoms with E-state index in [2.05, 4.69) is 10.2 Å². The Hall–Kier alpha value is -0.570. The Balaban J connectivity index is 1.54. The molecule has 0 aromatic carbocycles. The summed E-state index contributed by atoms with van der Waals surface area (Å²) in [6.07, 6.45) is 3.75. The molecular formula is C11H18N2O. The molecule has 0 aromatic heterocycles. The predicted octanol–water partition coefficient (Wildman–Crippen LogP) is 0.464. The Labute approximate surface area is 84.8 Å². The van der Waals surface area contributed by atoms with Crippen LogP contribution in [-0.2, 0) is 4.79 Å². The lowest BCUT2D eigenvalue weighted by molar-refractivity contribution is -0.130. The number of piperidine rings is 2. The molecule has 3 heteroatoms. The first-order valence-corrected chi connectivity index (χ1v) is 5.84. The zero-order valence-electron chi connectivity index (χ0n) is 8.54. The molecule has 3 rings (SSSR count). The minimum atomic E-state index is 0.437. The highest BCUT2D eigenvalue weighted by Gasteiger charge is 2.52. The summed E-state index contributed by atoms with van der Waals surface area (Å²) in [5.74, 6) is 2.33. The number of rotatable bonds is 2. The van der Waals surface area contributed by atoms with Gasteiger partial charge in [0.05, 0.1) is 0 Å². The Kier molecular flexibility index (Phi) is 2.01. The Bertz CT molecular complexity index is 248. The second kappa shape index (κ2) is 3.23. The summed E-state index contributed by atoms with van der Waals surface area (Å²) in [5, 5.41) is 3.41. The second-order valence-corrected chi connectivity index (χ2v) is 5.06. The molecule has 78 valence electrons. The third-order valence-electron chi connectivity index (χ3n) is 3.88. The highest BCUT2D eigenvalue weighted by molar-refractivity contribution is 5.84. The lowest BCUT2D eigenvalue weighted by Gasteiger charge is -2.28. The molecule has 3 nitrogen and oxygen atoms in total. The van der Waals surface area contributed by atoms with Crippen molar-refractivity contribution in [1.29, 1.82) is 0 Å². The summed E-state index contributed by atoms with van der Waals surface area (Å²) < 4.78 is 0. The van der Waals surface area contributed by atoms with Gasteiger partial charge in [-0.25, -0.2) is 0 Å². The van der Waals surface area contributed by atoms with E-state index in [0.29, 0.717) is 17.7 Å². The van der Waals surface area contributed by atoms with Crippen molar-refractivity contribution in [3.05, 3.63) is 0 Å². The maximum atomic E-state index is 11.7. The molecule has 0 bridgehead atoms. The van der Waals surface area contributed by atoms with Crippen LogP contribution in [0.4, 0.5) is 0 Å². The molecule has 3 fully saturated rings. The Morgan fingerprint density at radius 2 is 2.43 bits per heavy atom. The Morgan fingerprint density at radius 3 is 3.07 bits per heavy atom. The largest absolute Gasteiger partial charge is 0.342 e. The molecule has 3 aliphatic rings. The van der Waals surface area contributed by atoms with Gasteiger partial charge in [-0.15, -0.1) is 0 Å². The van der Waals surface area contributed by atoms with Crippen molar-refractivity contribution in [3.8, 4) is 0 Å². The SMILES string of the molecule is O=C1C2CC2CN1CC1CCCNC1. The first-order valence-electron chi connectivity index (χ1n) is 5.84. The van der Waals surface area contributed by atoms with E-state index in [9.17, 15) is 4.79 Å². The van der Waals surface area contributed by atoms with Crippen LogP contribution in [0.25, 0.3) is 0 Å². The summed E-state index contributed by atoms with van der Waals surface area (Å²) in [4.78, 5) is 13.8. The number of nitrogens with zero attached hydrogens (tertiary/aromatic N) is 1. The van der Waals surface area contributed by atoms with Gasteiger partial charge in [-0.05, 0) is 44.2 Å². The molecule has 3 atom stereocenters. The normalized spacial score (nSPS) is 41.3. The van der Waals surface area contributed by atoms with Crippen LogP contribution in [0.15, 0.2) is 0 Å². The zero-order chi connectivity index (χ0) is 9.54. The molecule has 1 N–H and O–H groups in total. The van der Waals surface area contributed by atoms with E-state index in [1.165, 1.54) is 19.3 Å². The number of hydrogen-bond donors (Lipinski definition) is 1. The van der Waals surface area contributed by atoms with Crippen LogP contribution in [0.2, 0.25) is 0 Å². The van der Waals surface area contributed by atoms with Gasteiger partial charge in [-0.1, -0.05) is 0 Å². The summed E-state index contributed by atoms with van der Waals surface area (Å²) >= 11 is 0. The van der Waals surface area contributed by atoms with E-state index in [-0.39, 0.29) is 0 Å². The van der Waals surface area contributed by atoms with E-state index in [4.69, 9.17) is 0 Å². The van der Waals surface area contributed by atoms with E-state index < -0.39 is 0 Å². The number of hydrogen-bond acceptors (Lipinski definition) is 2. The second-order valence-electron chi connectivity index (χ2n) is 5.06. The molecule has 2 aliphatic heterocycles. The van der Waals surface area contributed by atoms with Crippen molar-refractivity contribution in [2.45, 2.75) is 19.3 Å². The fourth-order valence-corrected chi connectivity index (χ4v) is 2.92. The predicted molar refractivity (Wildman–Crippen MR) is 53.8 cm³/mol. The maximum Gasteiger partial charge on any atom is 0.226 e. The molecule has 1 saturated carbocycles. The summed E-state index contributed by atoms with van der Waals surface area (Å²) in [5.41, 5.74) is 0. The van der Waals surface area contributed by atoms with Crippen LogP contribution in [0.5, 0.6) is 0 Å². The zero-order valence-corrected chi connectivity index (χ0v) is 8.54. The minimum absolute atomic E-state index is 0.437. The fourth-order valence-electron chi connectivity index (χ4n) is 2.92. The van der Waals surface area contributed by atoms with Crippen LogP contribution in [0.3, 0.4) is 0 Å². The van der Waals surface area contributed by atoms with Crippen LogP contribution in [0, 0.1) is 17.8 Å². The van der Waals surface area contributed by atoms with Crippen LogP contribution in [-0.4, -0.2) is 37.0 Å². The summed E-state index contributed by atoms with van der Waals surface area (Å²) in [7, 11) is 0. The van der Waals surface area contributed by atoms with Gasteiger partial charge < -0.3 is 10.2 Å². The lowest BCUT2D eigenvalue weighted by Crippen LogP contribution is -2.40. The van der Waals surface area contributed by atoms with Crippen LogP contribution >= 0.6 is 0 Å². The number of likely N-dealkylation sites (tertiary alicyclic amines) is 1. The van der Waals surface area contributed by atoms with Gasteiger partial charge >= 0.3 is 0 Å². The van der Waals surface area contributed by atoms with Gasteiger partial charge in [0.2, 0.25) is 5.91 Å². The van der Waals surface area contributed by atoms with Crippen molar-refractivity contribution >= 4 is 5.91 Å². The van der Waals surface area contributed by atoms with Gasteiger partial charge in [-0.2, -0.15) is 0 Å². The van der Waals surface area contributed by atoms with Crippen LogP contribution in [0.1, 0.15) is 19.3 Å². The number of carbonyl (C=O) groups is 1. The van der Waals surface area contributed by atoms with Gasteiger partial charge in [0, 0.05) is 19.0 Å². The van der Waals surface area contributed by atoms with Gasteiger partial charge in [-0.3, -0.25) is 4.79 Å². The van der Waals surface area contributed by atoms with Gasteiger partial charge in [0.1, 0.15) is 0 Å². The number of carbonyl (C=O) groups excluding carboxylic acids is 1. The highest BCUT2D eigenvalue weighted by Crippen LogP contribution is 2.46. The molecule has 1 aliphatic carbocycles. The summed E-state index contributed by atoms with van der Waals surface area (Å²) in [6.45, 7) is 4.34. The number of amides is 1. The molecule has 0 spiro atoms. The molecule has 3 unspecified atom stereocenters. The topological polar surface area (TPSA) is 32.3 Å². The molecule has 0 aromatic rings. The summed E-state index contributed by atoms with van der Waals surface area (Å²) in [6, 6.07) is 0. The van der Waals surface area contributed by atoms with Crippen molar-refractivity contribution in [2.75, 3.05) is 26.2 Å². The smallest absolute Gasteiger partial charge is 0.226 e. The van der Waals surface area contributed by atoms with Gasteiger partial charge in [0.15, 0.2) is 0 Å². The number of nitrogens with one attached hydrogen (secondary N) is 1. The van der Waals surface area contributed by atoms with E-state index >= 15 is 0 Å². The highest BCUT2D eigenvalue weighted by atomic mass is 16.2. The first kappa shape index (κ1) is 8.72. The maximum absolute atomic E-state index is 11.7. The van der Waals surface area contributed by atoms with Crippen molar-refractivity contribution in [1.82, 2.24) is 10.2 Å². The van der Waals surface area contributed by atoms with Crippen molar-refractivity contribution in [3.63, 3.8) is 0 Å². The quantitative estimate of drug-likeness (QED) is 0.693. The van der Waals surface area contributed by atoms with Crippen molar-refractivity contribution in [2.24, 2.45) is 17.8 Å². The average molecular weight is 194 g/mol. The molecule has 1 amide bonds. The monoisotopic (exact) mass is 194 g/mol. The lowest BCUT2D eigenvalue weighted by atomic mass is 9.99. The minimum Gasteiger partial charge on any atom is -0.342 e. The third kappa shape index (κ3) is 1.44. The van der Waals surface area contributed by atoms with Crippen LogP contribution < -0.4 is 5.32 Å². The van der Waals surface area contributed by atoms with Crippen molar-refractivity contribution < 1.29 is 4.79 Å². The Morgan fingerprint density at radius 1 is 1.50 bits per heavy atom.